The molecule has 6 nitrogen and oxygen atoms in total. The summed E-state index contributed by atoms with van der Waals surface area (Å²) >= 11 is 12.5. The van der Waals surface area contributed by atoms with Crippen molar-refractivity contribution in [3.8, 4) is 5.75 Å². The van der Waals surface area contributed by atoms with Crippen LogP contribution in [0.4, 0.5) is 11.4 Å². The predicted molar refractivity (Wildman–Crippen MR) is 138 cm³/mol. The number of carbonyl (C=O) groups is 2. The number of amides is 2. The Hall–Kier alpha value is -3.74. The first-order valence-corrected chi connectivity index (χ1v) is 11.7. The zero-order valence-corrected chi connectivity index (χ0v) is 20.3. The highest BCUT2D eigenvalue weighted by Crippen LogP contribution is 2.31. The SMILES string of the molecule is COc1cc(Cl)ccc1C(=O)Nc1ccc(C(=O)N2Cc3cccn3Cc3ccccc32)cc1Cl. The van der Waals surface area contributed by atoms with Crippen LogP contribution in [-0.4, -0.2) is 23.5 Å². The van der Waals surface area contributed by atoms with Crippen molar-refractivity contribution >= 4 is 46.4 Å². The second-order valence-electron chi connectivity index (χ2n) is 8.14. The summed E-state index contributed by atoms with van der Waals surface area (Å²) in [4.78, 5) is 28.2. The maximum absolute atomic E-state index is 13.6. The maximum atomic E-state index is 13.6. The van der Waals surface area contributed by atoms with Gasteiger partial charge in [0.1, 0.15) is 5.75 Å². The monoisotopic (exact) mass is 505 g/mol. The van der Waals surface area contributed by atoms with Crippen molar-refractivity contribution in [2.45, 2.75) is 13.1 Å². The van der Waals surface area contributed by atoms with Gasteiger partial charge in [0, 0.05) is 34.7 Å². The Bertz CT molecular complexity index is 1450. The van der Waals surface area contributed by atoms with Gasteiger partial charge in [-0.05, 0) is 60.2 Å². The third kappa shape index (κ3) is 4.50. The molecule has 1 aromatic heterocycles. The zero-order valence-electron chi connectivity index (χ0n) is 18.8. The van der Waals surface area contributed by atoms with Crippen molar-refractivity contribution in [2.24, 2.45) is 0 Å². The number of fused-ring (bicyclic) bond motifs is 2. The molecule has 1 aliphatic heterocycles. The molecule has 0 radical (unpaired) electrons. The highest BCUT2D eigenvalue weighted by atomic mass is 35.5. The molecule has 0 bridgehead atoms. The van der Waals surface area contributed by atoms with Crippen LogP contribution in [0.25, 0.3) is 0 Å². The molecule has 0 atom stereocenters. The number of halogens is 2. The fourth-order valence-electron chi connectivity index (χ4n) is 4.21. The lowest BCUT2D eigenvalue weighted by atomic mass is 10.1. The number of ether oxygens (including phenoxy) is 1. The lowest BCUT2D eigenvalue weighted by molar-refractivity contribution is 0.0983. The largest absolute Gasteiger partial charge is 0.496 e. The number of hydrogen-bond donors (Lipinski definition) is 1. The second-order valence-corrected chi connectivity index (χ2v) is 8.98. The highest BCUT2D eigenvalue weighted by molar-refractivity contribution is 6.34. The molecule has 0 spiro atoms. The Kier molecular flexibility index (Phi) is 6.24. The first-order chi connectivity index (χ1) is 16.9. The predicted octanol–water partition coefficient (Wildman–Crippen LogP) is 6.26. The fourth-order valence-corrected chi connectivity index (χ4v) is 4.60. The van der Waals surface area contributed by atoms with Crippen LogP contribution in [0.3, 0.4) is 0 Å². The lowest BCUT2D eigenvalue weighted by Crippen LogP contribution is -2.30. The van der Waals surface area contributed by atoms with Crippen LogP contribution in [0.5, 0.6) is 5.75 Å². The Morgan fingerprint density at radius 1 is 0.943 bits per heavy atom. The molecular weight excluding hydrogens is 485 g/mol. The topological polar surface area (TPSA) is 63.6 Å². The molecule has 0 unspecified atom stereocenters. The Morgan fingerprint density at radius 3 is 2.57 bits per heavy atom. The van der Waals surface area contributed by atoms with Crippen LogP contribution >= 0.6 is 23.2 Å². The van der Waals surface area contributed by atoms with Gasteiger partial charge in [0.25, 0.3) is 11.8 Å². The molecular formula is C27H21Cl2N3O3. The Balaban J connectivity index is 1.42. The number of nitrogens with one attached hydrogen (secondary N) is 1. The van der Waals surface area contributed by atoms with E-state index >= 15 is 0 Å². The van der Waals surface area contributed by atoms with Gasteiger partial charge in [0.15, 0.2) is 0 Å². The molecule has 0 fully saturated rings. The number of benzene rings is 3. The van der Waals surface area contributed by atoms with Crippen molar-refractivity contribution in [1.82, 2.24) is 4.57 Å². The van der Waals surface area contributed by atoms with Crippen LogP contribution in [0.1, 0.15) is 32.0 Å². The van der Waals surface area contributed by atoms with Crippen LogP contribution in [0, 0.1) is 0 Å². The molecule has 4 aromatic rings. The van der Waals surface area contributed by atoms with E-state index in [1.807, 2.05) is 42.6 Å². The molecule has 5 rings (SSSR count). The smallest absolute Gasteiger partial charge is 0.259 e. The first-order valence-electron chi connectivity index (χ1n) is 10.9. The molecule has 176 valence electrons. The van der Waals surface area contributed by atoms with E-state index in [4.69, 9.17) is 27.9 Å². The van der Waals surface area contributed by atoms with Gasteiger partial charge < -0.3 is 19.5 Å². The normalized spacial score (nSPS) is 12.4. The zero-order chi connectivity index (χ0) is 24.5. The third-order valence-electron chi connectivity index (χ3n) is 5.98. The molecule has 35 heavy (non-hydrogen) atoms. The summed E-state index contributed by atoms with van der Waals surface area (Å²) in [5.41, 5.74) is 4.09. The molecule has 0 aliphatic carbocycles. The summed E-state index contributed by atoms with van der Waals surface area (Å²) in [5.74, 6) is -0.226. The lowest BCUT2D eigenvalue weighted by Gasteiger charge is -2.23. The summed E-state index contributed by atoms with van der Waals surface area (Å²) in [7, 11) is 1.47. The van der Waals surface area contributed by atoms with E-state index in [1.54, 1.807) is 41.3 Å². The van der Waals surface area contributed by atoms with E-state index in [9.17, 15) is 9.59 Å². The minimum Gasteiger partial charge on any atom is -0.496 e. The van der Waals surface area contributed by atoms with Gasteiger partial charge in [-0.25, -0.2) is 0 Å². The van der Waals surface area contributed by atoms with Crippen LogP contribution in [0.15, 0.2) is 79.0 Å². The number of carbonyl (C=O) groups excluding carboxylic acids is 2. The second kappa shape index (κ2) is 9.49. The van der Waals surface area contributed by atoms with Gasteiger partial charge in [-0.2, -0.15) is 0 Å². The molecule has 3 aromatic carbocycles. The minimum atomic E-state index is -0.401. The van der Waals surface area contributed by atoms with Crippen LogP contribution in [-0.2, 0) is 13.1 Å². The fraction of sp³-hybridized carbons (Fsp3) is 0.111. The van der Waals surface area contributed by atoms with Crippen molar-refractivity contribution in [3.63, 3.8) is 0 Å². The quantitative estimate of drug-likeness (QED) is 0.355. The number of aromatic nitrogens is 1. The molecule has 2 amide bonds. The van der Waals surface area contributed by atoms with Gasteiger partial charge in [-0.1, -0.05) is 41.4 Å². The Labute approximate surface area is 212 Å². The molecule has 1 N–H and O–H groups in total. The standard InChI is InChI=1S/C27H21Cl2N3O3/c1-35-25-14-19(28)9-10-21(25)26(33)30-23-11-8-17(13-22(23)29)27(34)32-16-20-6-4-12-31(20)15-18-5-2-3-7-24(18)32/h2-14H,15-16H2,1H3,(H,30,33). The van der Waals surface area contributed by atoms with E-state index in [1.165, 1.54) is 7.11 Å². The summed E-state index contributed by atoms with van der Waals surface area (Å²) in [5, 5.41) is 3.49. The number of methoxy groups -OCH3 is 1. The number of hydrogen-bond acceptors (Lipinski definition) is 3. The summed E-state index contributed by atoms with van der Waals surface area (Å²) in [6, 6.07) is 21.5. The van der Waals surface area contributed by atoms with E-state index in [-0.39, 0.29) is 10.9 Å². The van der Waals surface area contributed by atoms with Crippen molar-refractivity contribution < 1.29 is 14.3 Å². The summed E-state index contributed by atoms with van der Waals surface area (Å²) in [6.45, 7) is 1.14. The van der Waals surface area contributed by atoms with E-state index < -0.39 is 5.91 Å². The number of para-hydroxylation sites is 1. The summed E-state index contributed by atoms with van der Waals surface area (Å²) < 4.78 is 7.40. The number of anilines is 2. The maximum Gasteiger partial charge on any atom is 0.259 e. The van der Waals surface area contributed by atoms with E-state index in [0.29, 0.717) is 40.7 Å². The van der Waals surface area contributed by atoms with Crippen LogP contribution in [0.2, 0.25) is 10.0 Å². The highest BCUT2D eigenvalue weighted by Gasteiger charge is 2.25. The third-order valence-corrected chi connectivity index (χ3v) is 6.53. The number of rotatable bonds is 4. The minimum absolute atomic E-state index is 0.175. The number of nitrogens with zero attached hydrogens (tertiary/aromatic N) is 2. The molecule has 0 saturated carbocycles. The molecule has 0 saturated heterocycles. The van der Waals surface area contributed by atoms with Crippen molar-refractivity contribution in [3.05, 3.63) is 111 Å². The van der Waals surface area contributed by atoms with Gasteiger partial charge in [-0.3, -0.25) is 9.59 Å². The van der Waals surface area contributed by atoms with Crippen molar-refractivity contribution in [1.29, 1.82) is 0 Å². The van der Waals surface area contributed by atoms with Gasteiger partial charge in [0.05, 0.1) is 29.9 Å². The average molecular weight is 506 g/mol. The molecule has 1 aliphatic rings. The van der Waals surface area contributed by atoms with Crippen molar-refractivity contribution in [2.75, 3.05) is 17.3 Å². The van der Waals surface area contributed by atoms with E-state index in [2.05, 4.69) is 9.88 Å². The summed E-state index contributed by atoms with van der Waals surface area (Å²) in [6.07, 6.45) is 2.02. The van der Waals surface area contributed by atoms with E-state index in [0.717, 1.165) is 16.9 Å². The van der Waals surface area contributed by atoms with Gasteiger partial charge in [-0.15, -0.1) is 0 Å². The Morgan fingerprint density at radius 2 is 1.77 bits per heavy atom. The van der Waals surface area contributed by atoms with Gasteiger partial charge >= 0.3 is 0 Å². The first kappa shape index (κ1) is 23.0. The van der Waals surface area contributed by atoms with Gasteiger partial charge in [0.2, 0.25) is 0 Å². The average Bonchev–Trinajstić information content (AvgIpc) is 3.23. The van der Waals surface area contributed by atoms with Crippen LogP contribution < -0.4 is 15.0 Å². The molecule has 8 heteroatoms. The molecule has 2 heterocycles.